The third-order valence-electron chi connectivity index (χ3n) is 5.48. The maximum absolute atomic E-state index is 13.0. The van der Waals surface area contributed by atoms with E-state index in [1.54, 1.807) is 4.90 Å². The van der Waals surface area contributed by atoms with Crippen LogP contribution in [0.3, 0.4) is 0 Å². The molecule has 1 saturated carbocycles. The van der Waals surface area contributed by atoms with E-state index in [1.807, 2.05) is 42.2 Å². The van der Waals surface area contributed by atoms with E-state index in [4.69, 9.17) is 4.74 Å². The van der Waals surface area contributed by atoms with E-state index in [2.05, 4.69) is 0 Å². The summed E-state index contributed by atoms with van der Waals surface area (Å²) < 4.78 is 4.83. The summed E-state index contributed by atoms with van der Waals surface area (Å²) in [6.45, 7) is 3.39. The predicted octanol–water partition coefficient (Wildman–Crippen LogP) is 1.98. The fourth-order valence-electron chi connectivity index (χ4n) is 3.68. The van der Waals surface area contributed by atoms with E-state index in [0.29, 0.717) is 32.5 Å². The molecule has 1 saturated heterocycles. The fourth-order valence-corrected chi connectivity index (χ4v) is 3.68. The van der Waals surface area contributed by atoms with Crippen molar-refractivity contribution in [1.82, 2.24) is 9.80 Å². The minimum Gasteiger partial charge on any atom is -0.468 e. The first kappa shape index (κ1) is 18.4. The zero-order valence-electron chi connectivity index (χ0n) is 15.4. The topological polar surface area (TPSA) is 66.9 Å². The molecule has 1 aliphatic carbocycles. The third kappa shape index (κ3) is 3.45. The SMILES string of the molecule is CCC1CN(C(=O)C2(C(=O)OC)CC2)CCC(=O)N1Cc1ccccc1. The number of benzene rings is 1. The molecule has 0 bridgehead atoms. The smallest absolute Gasteiger partial charge is 0.321 e. The lowest BCUT2D eigenvalue weighted by Gasteiger charge is -2.32. The van der Waals surface area contributed by atoms with Gasteiger partial charge in [0.05, 0.1) is 7.11 Å². The molecule has 6 heteroatoms. The van der Waals surface area contributed by atoms with Crippen molar-refractivity contribution in [3.63, 3.8) is 0 Å². The van der Waals surface area contributed by atoms with Gasteiger partial charge in [-0.15, -0.1) is 0 Å². The highest BCUT2D eigenvalue weighted by Gasteiger charge is 2.59. The summed E-state index contributed by atoms with van der Waals surface area (Å²) in [6, 6.07) is 9.83. The van der Waals surface area contributed by atoms with Crippen LogP contribution in [0.15, 0.2) is 30.3 Å². The third-order valence-corrected chi connectivity index (χ3v) is 5.48. The Morgan fingerprint density at radius 1 is 1.23 bits per heavy atom. The number of hydrogen-bond donors (Lipinski definition) is 0. The normalized spacial score (nSPS) is 21.9. The van der Waals surface area contributed by atoms with Crippen molar-refractivity contribution in [3.8, 4) is 0 Å². The summed E-state index contributed by atoms with van der Waals surface area (Å²) in [5.41, 5.74) is 0.0670. The zero-order chi connectivity index (χ0) is 18.7. The first-order chi connectivity index (χ1) is 12.5. The van der Waals surface area contributed by atoms with E-state index >= 15 is 0 Å². The zero-order valence-corrected chi connectivity index (χ0v) is 15.4. The number of amides is 2. The van der Waals surface area contributed by atoms with Crippen molar-refractivity contribution in [1.29, 1.82) is 0 Å². The van der Waals surface area contributed by atoms with Gasteiger partial charge in [0.25, 0.3) is 0 Å². The average molecular weight is 358 g/mol. The van der Waals surface area contributed by atoms with Crippen molar-refractivity contribution in [3.05, 3.63) is 35.9 Å². The van der Waals surface area contributed by atoms with E-state index in [1.165, 1.54) is 7.11 Å². The number of hydrogen-bond acceptors (Lipinski definition) is 4. The van der Waals surface area contributed by atoms with Crippen molar-refractivity contribution >= 4 is 17.8 Å². The molecule has 2 aliphatic rings. The van der Waals surface area contributed by atoms with Crippen LogP contribution in [0.25, 0.3) is 0 Å². The van der Waals surface area contributed by atoms with Crippen molar-refractivity contribution in [2.24, 2.45) is 5.41 Å². The lowest BCUT2D eigenvalue weighted by Crippen LogP contribution is -2.47. The highest BCUT2D eigenvalue weighted by Crippen LogP contribution is 2.48. The van der Waals surface area contributed by atoms with Gasteiger partial charge in [-0.2, -0.15) is 0 Å². The van der Waals surface area contributed by atoms with E-state index in [-0.39, 0.29) is 24.3 Å². The van der Waals surface area contributed by atoms with Crippen molar-refractivity contribution in [2.45, 2.75) is 45.2 Å². The molecule has 140 valence electrons. The molecule has 26 heavy (non-hydrogen) atoms. The molecular weight excluding hydrogens is 332 g/mol. The predicted molar refractivity (Wildman–Crippen MR) is 96.0 cm³/mol. The summed E-state index contributed by atoms with van der Waals surface area (Å²) in [4.78, 5) is 41.3. The van der Waals surface area contributed by atoms with Gasteiger partial charge in [0.15, 0.2) is 0 Å². The van der Waals surface area contributed by atoms with E-state index in [9.17, 15) is 14.4 Å². The van der Waals surface area contributed by atoms with Crippen LogP contribution in [0.5, 0.6) is 0 Å². The van der Waals surface area contributed by atoms with Crippen molar-refractivity contribution < 1.29 is 19.1 Å². The average Bonchev–Trinajstić information content (AvgIpc) is 3.49. The Balaban J connectivity index is 1.76. The quantitative estimate of drug-likeness (QED) is 0.596. The number of esters is 1. The molecule has 0 radical (unpaired) electrons. The molecule has 1 aliphatic heterocycles. The highest BCUT2D eigenvalue weighted by atomic mass is 16.5. The summed E-state index contributed by atoms with van der Waals surface area (Å²) in [5.74, 6) is -0.580. The van der Waals surface area contributed by atoms with Gasteiger partial charge in [-0.3, -0.25) is 14.4 Å². The number of methoxy groups -OCH3 is 1. The molecule has 0 aromatic heterocycles. The van der Waals surface area contributed by atoms with Crippen molar-refractivity contribution in [2.75, 3.05) is 20.2 Å². The Kier molecular flexibility index (Phi) is 5.30. The lowest BCUT2D eigenvalue weighted by molar-refractivity contribution is -0.156. The van der Waals surface area contributed by atoms with Crippen LogP contribution < -0.4 is 0 Å². The van der Waals surface area contributed by atoms with Crippen LogP contribution in [-0.4, -0.2) is 53.8 Å². The van der Waals surface area contributed by atoms with Gasteiger partial charge in [-0.1, -0.05) is 37.3 Å². The second-order valence-corrected chi connectivity index (χ2v) is 7.14. The summed E-state index contributed by atoms with van der Waals surface area (Å²) in [6.07, 6.45) is 2.11. The van der Waals surface area contributed by atoms with Crippen LogP contribution in [0.1, 0.15) is 38.2 Å². The second-order valence-electron chi connectivity index (χ2n) is 7.14. The molecule has 1 unspecified atom stereocenters. The van der Waals surface area contributed by atoms with E-state index < -0.39 is 11.4 Å². The summed E-state index contributed by atoms with van der Waals surface area (Å²) in [7, 11) is 1.32. The molecule has 0 spiro atoms. The minimum atomic E-state index is -1.01. The van der Waals surface area contributed by atoms with E-state index in [0.717, 1.165) is 12.0 Å². The van der Waals surface area contributed by atoms with Gasteiger partial charge < -0.3 is 14.5 Å². The number of ether oxygens (including phenoxy) is 1. The molecule has 1 atom stereocenters. The maximum atomic E-state index is 13.0. The largest absolute Gasteiger partial charge is 0.468 e. The van der Waals surface area contributed by atoms with Gasteiger partial charge in [-0.25, -0.2) is 0 Å². The van der Waals surface area contributed by atoms with Gasteiger partial charge in [0.1, 0.15) is 5.41 Å². The number of rotatable bonds is 5. The molecule has 1 aromatic carbocycles. The number of carbonyl (C=O) groups is 3. The molecule has 2 amide bonds. The first-order valence-electron chi connectivity index (χ1n) is 9.23. The van der Waals surface area contributed by atoms with Crippen LogP contribution in [0.2, 0.25) is 0 Å². The molecule has 3 rings (SSSR count). The molecule has 0 N–H and O–H groups in total. The standard InChI is InChI=1S/C20H26N2O4/c1-3-16-14-21(18(24)20(10-11-20)19(25)26-2)12-9-17(23)22(16)13-15-7-5-4-6-8-15/h4-8,16H,3,9-14H2,1-2H3. The number of nitrogens with zero attached hydrogens (tertiary/aromatic N) is 2. The number of carbonyl (C=O) groups excluding carboxylic acids is 3. The Hall–Kier alpha value is -2.37. The van der Waals surface area contributed by atoms with Crippen LogP contribution in [0, 0.1) is 5.41 Å². The van der Waals surface area contributed by atoms with Gasteiger partial charge in [0.2, 0.25) is 11.8 Å². The fraction of sp³-hybridized carbons (Fsp3) is 0.550. The Morgan fingerprint density at radius 3 is 2.50 bits per heavy atom. The summed E-state index contributed by atoms with van der Waals surface area (Å²) >= 11 is 0. The Bertz CT molecular complexity index is 684. The Labute approximate surface area is 154 Å². The second kappa shape index (κ2) is 7.48. The molecule has 2 fully saturated rings. The van der Waals surface area contributed by atoms with Crippen LogP contribution in [0.4, 0.5) is 0 Å². The molecular formula is C20H26N2O4. The lowest BCUT2D eigenvalue weighted by atomic mass is 10.0. The van der Waals surface area contributed by atoms with Crippen LogP contribution in [-0.2, 0) is 25.7 Å². The summed E-state index contributed by atoms with van der Waals surface area (Å²) in [5, 5.41) is 0. The maximum Gasteiger partial charge on any atom is 0.321 e. The van der Waals surface area contributed by atoms with Gasteiger partial charge in [0, 0.05) is 32.1 Å². The monoisotopic (exact) mass is 358 g/mol. The molecule has 1 aromatic rings. The van der Waals surface area contributed by atoms with Gasteiger partial charge in [-0.05, 0) is 24.8 Å². The first-order valence-corrected chi connectivity index (χ1v) is 9.23. The minimum absolute atomic E-state index is 0.0531. The Morgan fingerprint density at radius 2 is 1.92 bits per heavy atom. The highest BCUT2D eigenvalue weighted by molar-refractivity contribution is 6.05. The molecule has 1 heterocycles. The van der Waals surface area contributed by atoms with Crippen LogP contribution >= 0.6 is 0 Å². The van der Waals surface area contributed by atoms with Gasteiger partial charge >= 0.3 is 5.97 Å². The molecule has 6 nitrogen and oxygen atoms in total.